The van der Waals surface area contributed by atoms with E-state index in [1.54, 1.807) is 36.6 Å². The molecule has 1 aliphatic rings. The van der Waals surface area contributed by atoms with Crippen molar-refractivity contribution in [1.29, 1.82) is 0 Å². The topological polar surface area (TPSA) is 140 Å². The molecule has 1 unspecified atom stereocenters. The zero-order valence-electron chi connectivity index (χ0n) is 20.1. The number of aromatic nitrogens is 6. The summed E-state index contributed by atoms with van der Waals surface area (Å²) in [6.45, 7) is 2.35. The Hall–Kier alpha value is -3.03. The van der Waals surface area contributed by atoms with Crippen LogP contribution in [0.4, 0.5) is 5.95 Å². The second kappa shape index (κ2) is 9.79. The smallest absolute Gasteiger partial charge is 0.225 e. The van der Waals surface area contributed by atoms with Crippen LogP contribution in [0.5, 0.6) is 0 Å². The lowest BCUT2D eigenvalue weighted by atomic mass is 9.87. The normalized spacial score (nSPS) is 20.6. The highest BCUT2D eigenvalue weighted by molar-refractivity contribution is 9.10. The molecule has 3 heterocycles. The summed E-state index contributed by atoms with van der Waals surface area (Å²) in [5, 5.41) is 11.6. The summed E-state index contributed by atoms with van der Waals surface area (Å²) in [5.74, 6) is 0.535. The van der Waals surface area contributed by atoms with E-state index in [1.165, 1.54) is 0 Å². The number of nitrogens with zero attached hydrogens (tertiary/aromatic N) is 6. The fraction of sp³-hybridized carbons (Fsp3) is 0.391. The van der Waals surface area contributed by atoms with Gasteiger partial charge in [0, 0.05) is 49.9 Å². The summed E-state index contributed by atoms with van der Waals surface area (Å²) >= 11 is 3.53. The number of carbonyl (C=O) groups is 1. The lowest BCUT2D eigenvalue weighted by Gasteiger charge is -2.22. The van der Waals surface area contributed by atoms with Gasteiger partial charge in [-0.1, -0.05) is 6.92 Å². The first kappa shape index (κ1) is 24.7. The van der Waals surface area contributed by atoms with Gasteiger partial charge in [0.1, 0.15) is 4.60 Å². The molecule has 1 saturated carbocycles. The zero-order chi connectivity index (χ0) is 25.4. The molecule has 3 atom stereocenters. The largest absolute Gasteiger partial charge is 0.359 e. The van der Waals surface area contributed by atoms with Crippen molar-refractivity contribution in [3.05, 3.63) is 40.9 Å². The van der Waals surface area contributed by atoms with E-state index in [-0.39, 0.29) is 11.9 Å². The van der Waals surface area contributed by atoms with Crippen LogP contribution in [0.1, 0.15) is 31.7 Å². The molecule has 0 saturated heterocycles. The van der Waals surface area contributed by atoms with E-state index in [4.69, 9.17) is 4.98 Å². The predicted octanol–water partition coefficient (Wildman–Crippen LogP) is 2.62. The number of benzene rings is 1. The molecule has 13 heteroatoms. The van der Waals surface area contributed by atoms with E-state index < -0.39 is 16.4 Å². The number of anilines is 1. The average molecular weight is 572 g/mol. The summed E-state index contributed by atoms with van der Waals surface area (Å²) in [6, 6.07) is 3.93. The summed E-state index contributed by atoms with van der Waals surface area (Å²) in [6.07, 6.45) is 8.95. The average Bonchev–Trinajstić information content (AvgIpc) is 3.41. The van der Waals surface area contributed by atoms with Crippen molar-refractivity contribution in [1.82, 2.24) is 39.8 Å². The van der Waals surface area contributed by atoms with Gasteiger partial charge in [0.05, 0.1) is 33.1 Å². The lowest BCUT2D eigenvalue weighted by Crippen LogP contribution is -2.35. The molecule has 188 valence electrons. The van der Waals surface area contributed by atoms with Gasteiger partial charge in [-0.25, -0.2) is 18.6 Å². The first-order valence-electron chi connectivity index (χ1n) is 11.5. The molecule has 36 heavy (non-hydrogen) atoms. The van der Waals surface area contributed by atoms with Gasteiger partial charge in [-0.15, -0.1) is 0 Å². The predicted molar refractivity (Wildman–Crippen MR) is 142 cm³/mol. The van der Waals surface area contributed by atoms with E-state index in [9.17, 15) is 9.00 Å². The van der Waals surface area contributed by atoms with E-state index in [2.05, 4.69) is 51.3 Å². The van der Waals surface area contributed by atoms with Crippen molar-refractivity contribution in [2.45, 2.75) is 38.8 Å². The highest BCUT2D eigenvalue weighted by Crippen LogP contribution is 2.39. The van der Waals surface area contributed by atoms with E-state index in [0.717, 1.165) is 35.0 Å². The number of hydrogen-bond acceptors (Lipinski definition) is 8. The lowest BCUT2D eigenvalue weighted by molar-refractivity contribution is -0.129. The third kappa shape index (κ3) is 4.70. The highest BCUT2D eigenvalue weighted by atomic mass is 79.9. The van der Waals surface area contributed by atoms with E-state index >= 15 is 0 Å². The highest BCUT2D eigenvalue weighted by Gasteiger charge is 2.41. The molecule has 5 rings (SSSR count). The Balaban J connectivity index is 1.51. The van der Waals surface area contributed by atoms with Crippen LogP contribution in [0.3, 0.4) is 0 Å². The van der Waals surface area contributed by atoms with Gasteiger partial charge in [-0.2, -0.15) is 10.1 Å². The molecule has 1 amide bonds. The number of amides is 1. The molecule has 0 radical (unpaired) electrons. The van der Waals surface area contributed by atoms with Crippen molar-refractivity contribution in [3.8, 4) is 5.69 Å². The molecule has 1 aromatic carbocycles. The first-order valence-corrected chi connectivity index (χ1v) is 13.8. The summed E-state index contributed by atoms with van der Waals surface area (Å²) in [4.78, 5) is 30.5. The van der Waals surface area contributed by atoms with Gasteiger partial charge in [0.15, 0.2) is 5.65 Å². The summed E-state index contributed by atoms with van der Waals surface area (Å²) in [7, 11) is 0.497. The minimum absolute atomic E-state index is 0.0572. The number of hydrogen-bond donors (Lipinski definition) is 3. The first-order chi connectivity index (χ1) is 17.3. The van der Waals surface area contributed by atoms with Crippen molar-refractivity contribution in [3.63, 3.8) is 0 Å². The molecule has 0 aliphatic heterocycles. The maximum atomic E-state index is 12.3. The van der Waals surface area contributed by atoms with Crippen LogP contribution < -0.4 is 15.4 Å². The molecule has 11 nitrogen and oxygen atoms in total. The maximum absolute atomic E-state index is 12.3. The Morgan fingerprint density at radius 3 is 2.86 bits per heavy atom. The van der Waals surface area contributed by atoms with Crippen molar-refractivity contribution in [2.75, 3.05) is 18.6 Å². The van der Waals surface area contributed by atoms with E-state index in [0.29, 0.717) is 34.7 Å². The van der Waals surface area contributed by atoms with Crippen LogP contribution in [0.25, 0.3) is 27.8 Å². The Bertz CT molecular complexity index is 1490. The van der Waals surface area contributed by atoms with Crippen molar-refractivity contribution in [2.24, 2.45) is 5.41 Å². The monoisotopic (exact) mass is 571 g/mol. The van der Waals surface area contributed by atoms with Crippen LogP contribution in [-0.2, 0) is 22.3 Å². The molecule has 1 fully saturated rings. The third-order valence-corrected chi connectivity index (χ3v) is 7.71. The fourth-order valence-electron chi connectivity index (χ4n) is 4.74. The molecular weight excluding hydrogens is 546 g/mol. The Kier molecular flexibility index (Phi) is 6.70. The minimum atomic E-state index is -1.18. The number of fused-ring (bicyclic) bond motifs is 2. The molecular formula is C23H26BrN9O2S. The Morgan fingerprint density at radius 2 is 2.08 bits per heavy atom. The Morgan fingerprint density at radius 1 is 1.28 bits per heavy atom. The number of rotatable bonds is 7. The molecule has 1 aliphatic carbocycles. The second-order valence-corrected chi connectivity index (χ2v) is 11.1. The van der Waals surface area contributed by atoms with Gasteiger partial charge in [0.25, 0.3) is 0 Å². The number of halogens is 1. The third-order valence-electron chi connectivity index (χ3n) is 6.58. The summed E-state index contributed by atoms with van der Waals surface area (Å²) in [5.41, 5.74) is 3.23. The fourth-order valence-corrected chi connectivity index (χ4v) is 5.54. The van der Waals surface area contributed by atoms with Crippen molar-refractivity contribution >= 4 is 60.8 Å². The molecule has 0 bridgehead atoms. The molecule has 0 spiro atoms. The second-order valence-electron chi connectivity index (χ2n) is 9.16. The maximum Gasteiger partial charge on any atom is 0.225 e. The van der Waals surface area contributed by atoms with Crippen LogP contribution in [0, 0.1) is 5.41 Å². The van der Waals surface area contributed by atoms with Crippen LogP contribution in [0.15, 0.2) is 35.3 Å². The molecule has 4 aromatic rings. The summed E-state index contributed by atoms with van der Waals surface area (Å²) < 4.78 is 16.9. The van der Waals surface area contributed by atoms with Crippen LogP contribution in [0.2, 0.25) is 0 Å². The van der Waals surface area contributed by atoms with Gasteiger partial charge in [-0.05, 0) is 52.9 Å². The van der Waals surface area contributed by atoms with E-state index in [1.807, 2.05) is 19.1 Å². The van der Waals surface area contributed by atoms with Crippen LogP contribution >= 0.6 is 15.9 Å². The standard InChI is InChI=1S/C23H26BrN9O2S/c1-23(21(34)25-2)5-4-14(10-23)30-22-28-12-16-19(24)32-33(20(16)31-22)15-8-13(11-29-36(3)35)18-17(9-15)26-6-7-27-18/h6-9,12,14,29H,4-5,10-11H2,1-3H3,(H,25,34)(H,28,30,31)/t14-,23-,36?/m1/s1. The van der Waals surface area contributed by atoms with Gasteiger partial charge in [-0.3, -0.25) is 14.8 Å². The number of nitrogens with one attached hydrogen (secondary N) is 3. The van der Waals surface area contributed by atoms with Gasteiger partial charge >= 0.3 is 0 Å². The minimum Gasteiger partial charge on any atom is -0.359 e. The number of carbonyl (C=O) groups excluding carboxylic acids is 1. The molecule has 3 N–H and O–H groups in total. The quantitative estimate of drug-likeness (QED) is 0.307. The zero-order valence-corrected chi connectivity index (χ0v) is 22.5. The Labute approximate surface area is 218 Å². The van der Waals surface area contributed by atoms with Crippen molar-refractivity contribution < 1.29 is 9.00 Å². The van der Waals surface area contributed by atoms with Crippen LogP contribution in [-0.4, -0.2) is 59.2 Å². The van der Waals surface area contributed by atoms with Gasteiger partial charge in [0.2, 0.25) is 11.9 Å². The van der Waals surface area contributed by atoms with Gasteiger partial charge < -0.3 is 10.6 Å². The SMILES string of the molecule is CNC(=O)[C@]1(C)CC[C@@H](Nc2ncc3c(Br)nn(-c4cc(CNS(C)=O)c5nccnc5c4)c3n2)C1. The molecule has 3 aromatic heterocycles.